The van der Waals surface area contributed by atoms with Gasteiger partial charge in [-0.3, -0.25) is 4.79 Å². The minimum atomic E-state index is -0.527. The summed E-state index contributed by atoms with van der Waals surface area (Å²) in [5.74, 6) is -0.191. The van der Waals surface area contributed by atoms with Gasteiger partial charge in [-0.05, 0) is 30.3 Å². The fraction of sp³-hybridized carbons (Fsp3) is 0.0625. The van der Waals surface area contributed by atoms with Gasteiger partial charge < -0.3 is 15.2 Å². The van der Waals surface area contributed by atoms with E-state index in [1.807, 2.05) is 6.07 Å². The van der Waals surface area contributed by atoms with Crippen molar-refractivity contribution >= 4 is 22.5 Å². The van der Waals surface area contributed by atoms with Crippen molar-refractivity contribution in [3.63, 3.8) is 0 Å². The van der Waals surface area contributed by atoms with Gasteiger partial charge in [-0.1, -0.05) is 18.2 Å². The summed E-state index contributed by atoms with van der Waals surface area (Å²) in [4.78, 5) is 12.2. The van der Waals surface area contributed by atoms with E-state index in [1.54, 1.807) is 42.5 Å². The molecule has 2 N–H and O–H groups in total. The molecule has 110 valence electrons. The minimum absolute atomic E-state index is 0.135. The highest BCUT2D eigenvalue weighted by atomic mass is 16.5. The molecule has 0 radical (unpaired) electrons. The minimum Gasteiger partial charge on any atom is -0.505 e. The van der Waals surface area contributed by atoms with Crippen molar-refractivity contribution < 1.29 is 14.6 Å². The number of hydrogen-bond donors (Lipinski definition) is 2. The third-order valence-corrected chi connectivity index (χ3v) is 3.19. The lowest BCUT2D eigenvalue weighted by atomic mass is 10.1. The number of carbonyl (C=O) groups excluding carboxylic acids is 1. The van der Waals surface area contributed by atoms with E-state index in [1.165, 1.54) is 7.11 Å². The van der Waals surface area contributed by atoms with Crippen molar-refractivity contribution in [2.45, 2.75) is 0 Å². The zero-order chi connectivity index (χ0) is 15.5. The predicted molar refractivity (Wildman–Crippen MR) is 82.2 cm³/mol. The Kier molecular flexibility index (Phi) is 3.57. The Labute approximate surface area is 126 Å². The summed E-state index contributed by atoms with van der Waals surface area (Å²) in [7, 11) is 1.52. The van der Waals surface area contributed by atoms with Gasteiger partial charge in [0.15, 0.2) is 11.4 Å². The molecule has 1 amide bonds. The van der Waals surface area contributed by atoms with Crippen LogP contribution in [0, 0.1) is 0 Å². The average Bonchev–Trinajstić information content (AvgIpc) is 2.56. The molecule has 0 atom stereocenters. The maximum absolute atomic E-state index is 12.2. The molecule has 6 nitrogen and oxygen atoms in total. The van der Waals surface area contributed by atoms with E-state index >= 15 is 0 Å². The first-order valence-corrected chi connectivity index (χ1v) is 6.59. The van der Waals surface area contributed by atoms with Gasteiger partial charge in [0.1, 0.15) is 5.75 Å². The summed E-state index contributed by atoms with van der Waals surface area (Å²) in [5, 5.41) is 21.1. The van der Waals surface area contributed by atoms with Crippen LogP contribution >= 0.6 is 0 Å². The van der Waals surface area contributed by atoms with E-state index in [0.717, 1.165) is 0 Å². The van der Waals surface area contributed by atoms with Gasteiger partial charge in [-0.2, -0.15) is 0 Å². The number of carbonyl (C=O) groups is 1. The molecule has 2 aromatic carbocycles. The molecule has 0 aliphatic heterocycles. The number of methoxy groups -OCH3 is 1. The SMILES string of the molecule is COc1ccc2nnc(C(=O)Nc3ccccc3)c(O)c2c1. The molecule has 0 saturated heterocycles. The van der Waals surface area contributed by atoms with E-state index in [-0.39, 0.29) is 11.4 Å². The number of anilines is 1. The highest BCUT2D eigenvalue weighted by molar-refractivity contribution is 6.07. The van der Waals surface area contributed by atoms with E-state index in [4.69, 9.17) is 4.74 Å². The van der Waals surface area contributed by atoms with Gasteiger partial charge in [-0.25, -0.2) is 0 Å². The van der Waals surface area contributed by atoms with Crippen LogP contribution in [0.15, 0.2) is 48.5 Å². The number of amides is 1. The van der Waals surface area contributed by atoms with Crippen LogP contribution in [0.4, 0.5) is 5.69 Å². The summed E-state index contributed by atoms with van der Waals surface area (Å²) < 4.78 is 5.11. The van der Waals surface area contributed by atoms with Crippen LogP contribution in [0.2, 0.25) is 0 Å². The second-order valence-corrected chi connectivity index (χ2v) is 4.60. The lowest BCUT2D eigenvalue weighted by Crippen LogP contribution is -2.14. The predicted octanol–water partition coefficient (Wildman–Crippen LogP) is 2.60. The van der Waals surface area contributed by atoms with Crippen LogP contribution in [-0.4, -0.2) is 28.3 Å². The summed E-state index contributed by atoms with van der Waals surface area (Å²) in [6, 6.07) is 13.9. The molecular weight excluding hydrogens is 282 g/mol. The number of nitrogens with zero attached hydrogens (tertiary/aromatic N) is 2. The number of nitrogens with one attached hydrogen (secondary N) is 1. The Hall–Kier alpha value is -3.15. The topological polar surface area (TPSA) is 84.3 Å². The fourth-order valence-corrected chi connectivity index (χ4v) is 2.06. The first-order chi connectivity index (χ1) is 10.7. The lowest BCUT2D eigenvalue weighted by molar-refractivity contribution is 0.101. The Morgan fingerprint density at radius 1 is 1.14 bits per heavy atom. The molecule has 0 spiro atoms. The maximum atomic E-state index is 12.2. The Bertz CT molecular complexity index is 835. The molecule has 3 aromatic rings. The first-order valence-electron chi connectivity index (χ1n) is 6.59. The molecule has 1 heterocycles. The molecule has 0 aliphatic rings. The van der Waals surface area contributed by atoms with Crippen LogP contribution in [0.5, 0.6) is 11.5 Å². The second-order valence-electron chi connectivity index (χ2n) is 4.60. The zero-order valence-electron chi connectivity index (χ0n) is 11.8. The molecule has 0 aliphatic carbocycles. The molecule has 1 aromatic heterocycles. The first kappa shape index (κ1) is 13.8. The summed E-state index contributed by atoms with van der Waals surface area (Å²) in [6.45, 7) is 0. The van der Waals surface area contributed by atoms with E-state index < -0.39 is 5.91 Å². The maximum Gasteiger partial charge on any atom is 0.280 e. The van der Waals surface area contributed by atoms with Crippen LogP contribution < -0.4 is 10.1 Å². The van der Waals surface area contributed by atoms with Crippen molar-refractivity contribution in [1.29, 1.82) is 0 Å². The van der Waals surface area contributed by atoms with Crippen LogP contribution in [0.3, 0.4) is 0 Å². The molecule has 3 rings (SSSR count). The quantitative estimate of drug-likeness (QED) is 0.776. The number of para-hydroxylation sites is 1. The van der Waals surface area contributed by atoms with Gasteiger partial charge in [0.05, 0.1) is 18.0 Å². The Balaban J connectivity index is 2.00. The highest BCUT2D eigenvalue weighted by Gasteiger charge is 2.17. The normalized spacial score (nSPS) is 10.4. The molecule has 0 bridgehead atoms. The molecule has 6 heteroatoms. The zero-order valence-corrected chi connectivity index (χ0v) is 11.8. The van der Waals surface area contributed by atoms with Crippen molar-refractivity contribution in [3.05, 3.63) is 54.2 Å². The number of hydrogen-bond acceptors (Lipinski definition) is 5. The number of fused-ring (bicyclic) bond motifs is 1. The third-order valence-electron chi connectivity index (χ3n) is 3.19. The van der Waals surface area contributed by atoms with Crippen molar-refractivity contribution in [2.75, 3.05) is 12.4 Å². The van der Waals surface area contributed by atoms with Crippen molar-refractivity contribution in [2.24, 2.45) is 0 Å². The second kappa shape index (κ2) is 5.69. The van der Waals surface area contributed by atoms with E-state index in [9.17, 15) is 9.90 Å². The van der Waals surface area contributed by atoms with E-state index in [2.05, 4.69) is 15.5 Å². The van der Waals surface area contributed by atoms with Crippen LogP contribution in [0.1, 0.15) is 10.5 Å². The molecule has 0 unspecified atom stereocenters. The number of aromatic nitrogens is 2. The van der Waals surface area contributed by atoms with Gasteiger partial charge >= 0.3 is 0 Å². The van der Waals surface area contributed by atoms with Gasteiger partial charge in [0.2, 0.25) is 0 Å². The van der Waals surface area contributed by atoms with Crippen molar-refractivity contribution in [3.8, 4) is 11.5 Å². The largest absolute Gasteiger partial charge is 0.505 e. The van der Waals surface area contributed by atoms with Crippen molar-refractivity contribution in [1.82, 2.24) is 10.2 Å². The molecule has 0 saturated carbocycles. The van der Waals surface area contributed by atoms with Gasteiger partial charge in [0, 0.05) is 5.69 Å². The smallest absolute Gasteiger partial charge is 0.280 e. The monoisotopic (exact) mass is 295 g/mol. The van der Waals surface area contributed by atoms with Gasteiger partial charge in [-0.15, -0.1) is 10.2 Å². The number of benzene rings is 2. The van der Waals surface area contributed by atoms with Crippen LogP contribution in [0.25, 0.3) is 10.9 Å². The summed E-state index contributed by atoms with van der Waals surface area (Å²) in [5.41, 5.74) is 0.957. The third kappa shape index (κ3) is 2.54. The summed E-state index contributed by atoms with van der Waals surface area (Å²) >= 11 is 0. The van der Waals surface area contributed by atoms with E-state index in [0.29, 0.717) is 22.3 Å². The van der Waals surface area contributed by atoms with Crippen LogP contribution in [-0.2, 0) is 0 Å². The number of aromatic hydroxyl groups is 1. The Morgan fingerprint density at radius 3 is 2.64 bits per heavy atom. The highest BCUT2D eigenvalue weighted by Crippen LogP contribution is 2.29. The molecule has 22 heavy (non-hydrogen) atoms. The number of ether oxygens (including phenoxy) is 1. The molecule has 0 fully saturated rings. The van der Waals surface area contributed by atoms with Gasteiger partial charge in [0.25, 0.3) is 5.91 Å². The Morgan fingerprint density at radius 2 is 1.91 bits per heavy atom. The average molecular weight is 295 g/mol. The lowest BCUT2D eigenvalue weighted by Gasteiger charge is -2.08. The number of rotatable bonds is 3. The summed E-state index contributed by atoms with van der Waals surface area (Å²) in [6.07, 6.45) is 0. The standard InChI is InChI=1S/C16H13N3O3/c1-22-11-7-8-13-12(9-11)15(20)14(19-18-13)16(21)17-10-5-3-2-4-6-10/h2-9H,1H3,(H,17,21)(H,18,20). The fourth-order valence-electron chi connectivity index (χ4n) is 2.06. The molecular formula is C16H13N3O3.